The molecule has 44 heavy (non-hydrogen) atoms. The lowest BCUT2D eigenvalue weighted by molar-refractivity contribution is 0.295. The molecule has 6 nitrogen and oxygen atoms in total. The molecule has 0 saturated carbocycles. The summed E-state index contributed by atoms with van der Waals surface area (Å²) in [6.45, 7) is 43.8. The van der Waals surface area contributed by atoms with E-state index in [-0.39, 0.29) is 0 Å². The van der Waals surface area contributed by atoms with Gasteiger partial charge >= 0.3 is 34.2 Å². The Morgan fingerprint density at radius 3 is 1.09 bits per heavy atom. The van der Waals surface area contributed by atoms with Gasteiger partial charge in [0.25, 0.3) is 0 Å². The summed E-state index contributed by atoms with van der Waals surface area (Å²) in [6, 6.07) is 0. The van der Waals surface area contributed by atoms with Crippen LogP contribution in [0.25, 0.3) is 0 Å². The predicted molar refractivity (Wildman–Crippen MR) is 214 cm³/mol. The van der Waals surface area contributed by atoms with Gasteiger partial charge in [-0.3, -0.25) is 0 Å². The van der Waals surface area contributed by atoms with Gasteiger partial charge in [-0.25, -0.2) is 0 Å². The van der Waals surface area contributed by atoms with Crippen molar-refractivity contribution in [3.63, 3.8) is 0 Å². The van der Waals surface area contributed by atoms with Crippen molar-refractivity contribution in [2.75, 3.05) is 0 Å². The summed E-state index contributed by atoms with van der Waals surface area (Å²) in [5.74, 6) is 0.582. The first-order valence-corrected chi connectivity index (χ1v) is 40.7. The van der Waals surface area contributed by atoms with Crippen LogP contribution < -0.4 is 0 Å². The van der Waals surface area contributed by atoms with Crippen LogP contribution in [0.3, 0.4) is 0 Å². The number of unbranched alkanes of at least 4 members (excludes halogenated alkanes) is 4. The van der Waals surface area contributed by atoms with Gasteiger partial charge in [0.15, 0.2) is 34.7 Å². The molecule has 0 aromatic rings. The summed E-state index contributed by atoms with van der Waals surface area (Å²) in [5, 5.41) is 0. The maximum atomic E-state index is 7.31. The Morgan fingerprint density at radius 1 is 0.455 bits per heavy atom. The van der Waals surface area contributed by atoms with E-state index in [1.54, 1.807) is 0 Å². The molecule has 0 rings (SSSR count). The third kappa shape index (κ3) is 17.8. The lowest BCUT2D eigenvalue weighted by Crippen LogP contribution is -2.58. The third-order valence-electron chi connectivity index (χ3n) is 8.38. The molecule has 0 aromatic carbocycles. The van der Waals surface area contributed by atoms with Crippen LogP contribution in [0.1, 0.15) is 72.1 Å². The summed E-state index contributed by atoms with van der Waals surface area (Å²) in [6.07, 6.45) is 10.1. The minimum atomic E-state index is -2.40. The van der Waals surface area contributed by atoms with Crippen LogP contribution in [0.4, 0.5) is 0 Å². The second-order valence-electron chi connectivity index (χ2n) is 16.4. The fourth-order valence-corrected chi connectivity index (χ4v) is 45.4. The maximum Gasteiger partial charge on any atom is 0.312 e. The highest BCUT2D eigenvalue weighted by molar-refractivity contribution is 6.89. The minimum Gasteiger partial charge on any atom is -0.440 e. The van der Waals surface area contributed by atoms with Crippen molar-refractivity contribution in [1.82, 2.24) is 0 Å². The summed E-state index contributed by atoms with van der Waals surface area (Å²) in [4.78, 5) is 0. The fraction of sp³-hybridized carbons (Fsp3) is 1.00. The normalized spacial score (nSPS) is 16.6. The van der Waals surface area contributed by atoms with E-state index < -0.39 is 69.0 Å². The van der Waals surface area contributed by atoms with Crippen molar-refractivity contribution in [3.8, 4) is 0 Å². The van der Waals surface area contributed by atoms with Gasteiger partial charge in [-0.15, -0.1) is 0 Å². The molecule has 0 fully saturated rings. The lowest BCUT2D eigenvalue weighted by Gasteiger charge is -2.49. The molecule has 2 unspecified atom stereocenters. The molecular formula is C30H78O6Si8. The first-order valence-electron chi connectivity index (χ1n) is 17.9. The Morgan fingerprint density at radius 2 is 0.795 bits per heavy atom. The van der Waals surface area contributed by atoms with Gasteiger partial charge in [0.05, 0.1) is 0 Å². The van der Waals surface area contributed by atoms with E-state index >= 15 is 0 Å². The fourth-order valence-electron chi connectivity index (χ4n) is 8.11. The molecule has 0 heterocycles. The van der Waals surface area contributed by atoms with Gasteiger partial charge in [0.2, 0.25) is 0 Å². The van der Waals surface area contributed by atoms with Gasteiger partial charge in [-0.05, 0) is 122 Å². The molecule has 266 valence electrons. The molecule has 2 atom stereocenters. The number of rotatable bonds is 24. The van der Waals surface area contributed by atoms with E-state index in [1.165, 1.54) is 38.5 Å². The maximum absolute atomic E-state index is 7.31. The van der Waals surface area contributed by atoms with Gasteiger partial charge in [0, 0.05) is 0 Å². The van der Waals surface area contributed by atoms with E-state index in [1.807, 2.05) is 0 Å². The Bertz CT molecular complexity index is 750. The standard InChI is InChI=1S/C30H78O6Si8/c1-20-23-24-25-26-27-28(29(21-2)39(8,9)33-43(16,17)35-41(12,13)31-37(4)5)30(22-3)40(10,11)34-44(18,19)36-42(14,15)32-38(6)7/h28-30,37-38H,20-27H2,1-19H3. The second-order valence-corrected chi connectivity index (χ2v) is 44.9. The van der Waals surface area contributed by atoms with E-state index in [4.69, 9.17) is 24.7 Å². The quantitative estimate of drug-likeness (QED) is 0.0722. The highest BCUT2D eigenvalue weighted by atomic mass is 28.5. The summed E-state index contributed by atoms with van der Waals surface area (Å²) >= 11 is 0. The van der Waals surface area contributed by atoms with Gasteiger partial charge < -0.3 is 24.7 Å². The number of hydrogen-bond acceptors (Lipinski definition) is 6. The van der Waals surface area contributed by atoms with Gasteiger partial charge in [0.1, 0.15) is 0 Å². The Balaban J connectivity index is 6.39. The smallest absolute Gasteiger partial charge is 0.312 e. The molecule has 0 radical (unpaired) electrons. The van der Waals surface area contributed by atoms with Crippen LogP contribution in [0.15, 0.2) is 0 Å². The molecule has 0 aliphatic heterocycles. The minimum absolute atomic E-state index is 0.543. The zero-order valence-corrected chi connectivity index (χ0v) is 41.3. The molecule has 0 bridgehead atoms. The zero-order valence-electron chi connectivity index (χ0n) is 33.0. The first kappa shape index (κ1) is 45.5. The molecular weight excluding hydrogens is 681 g/mol. The first-order chi connectivity index (χ1) is 19.8. The van der Waals surface area contributed by atoms with Gasteiger partial charge in [-0.1, -0.05) is 72.1 Å². The topological polar surface area (TPSA) is 55.4 Å². The molecule has 0 spiro atoms. The SMILES string of the molecule is CCCCCCCC(C(CC)[Si](C)(C)O[Si](C)(C)O[Si](C)(C)O[SiH](C)C)C(CC)[Si](C)(C)O[Si](C)(C)O[Si](C)(C)O[SiH](C)C. The second kappa shape index (κ2) is 19.0. The van der Waals surface area contributed by atoms with Crippen molar-refractivity contribution in [1.29, 1.82) is 0 Å². The van der Waals surface area contributed by atoms with E-state index in [9.17, 15) is 0 Å². The molecule has 0 aliphatic rings. The van der Waals surface area contributed by atoms with Crippen molar-refractivity contribution in [2.24, 2.45) is 5.92 Å². The van der Waals surface area contributed by atoms with Crippen LogP contribution in [-0.4, -0.2) is 69.0 Å². The molecule has 0 aromatic heterocycles. The number of hydrogen-bond donors (Lipinski definition) is 0. The average molecular weight is 760 g/mol. The highest BCUT2D eigenvalue weighted by Crippen LogP contribution is 2.50. The van der Waals surface area contributed by atoms with Crippen molar-refractivity contribution in [2.45, 2.75) is 188 Å². The van der Waals surface area contributed by atoms with Crippen molar-refractivity contribution < 1.29 is 24.7 Å². The Labute approximate surface area is 286 Å². The van der Waals surface area contributed by atoms with E-state index in [0.29, 0.717) is 17.0 Å². The lowest BCUT2D eigenvalue weighted by atomic mass is 9.90. The molecule has 0 N–H and O–H groups in total. The molecule has 0 aliphatic carbocycles. The van der Waals surface area contributed by atoms with Crippen LogP contribution >= 0.6 is 0 Å². The van der Waals surface area contributed by atoms with Gasteiger partial charge in [-0.2, -0.15) is 0 Å². The molecule has 0 saturated heterocycles. The highest BCUT2D eigenvalue weighted by Gasteiger charge is 2.51. The predicted octanol–water partition coefficient (Wildman–Crippen LogP) is 10.8. The van der Waals surface area contributed by atoms with Crippen molar-refractivity contribution >= 4 is 69.0 Å². The third-order valence-corrected chi connectivity index (χ3v) is 37.9. The molecule has 0 amide bonds. The largest absolute Gasteiger partial charge is 0.440 e. The Hall–Kier alpha value is 1.50. The summed E-state index contributed by atoms with van der Waals surface area (Å²) in [5.41, 5.74) is 1.09. The van der Waals surface area contributed by atoms with Crippen LogP contribution in [0.2, 0.25) is 116 Å². The van der Waals surface area contributed by atoms with Crippen molar-refractivity contribution in [3.05, 3.63) is 0 Å². The summed E-state index contributed by atoms with van der Waals surface area (Å²) < 4.78 is 41.1. The zero-order chi connectivity index (χ0) is 34.8. The van der Waals surface area contributed by atoms with Crippen LogP contribution in [0.5, 0.6) is 0 Å². The van der Waals surface area contributed by atoms with Crippen LogP contribution in [0, 0.1) is 5.92 Å². The average Bonchev–Trinajstić information content (AvgIpc) is 2.73. The van der Waals surface area contributed by atoms with E-state index in [2.05, 4.69) is 126 Å². The molecule has 14 heteroatoms. The summed E-state index contributed by atoms with van der Waals surface area (Å²) in [7, 11) is -16.0. The van der Waals surface area contributed by atoms with Crippen LogP contribution in [-0.2, 0) is 24.7 Å². The van der Waals surface area contributed by atoms with E-state index in [0.717, 1.165) is 12.8 Å². The Kier molecular flexibility index (Phi) is 19.7. The monoisotopic (exact) mass is 758 g/mol.